The molecule has 0 bridgehead atoms. The van der Waals surface area contributed by atoms with Crippen LogP contribution in [0.1, 0.15) is 51.0 Å². The van der Waals surface area contributed by atoms with Gasteiger partial charge in [0.1, 0.15) is 0 Å². The number of benzene rings is 1. The van der Waals surface area contributed by atoms with Crippen LogP contribution in [0.25, 0.3) is 0 Å². The average Bonchev–Trinajstić information content (AvgIpc) is 2.69. The summed E-state index contributed by atoms with van der Waals surface area (Å²) in [5.74, 6) is 2.15. The Morgan fingerprint density at radius 3 is 2.55 bits per heavy atom. The zero-order valence-electron chi connectivity index (χ0n) is 12.8. The summed E-state index contributed by atoms with van der Waals surface area (Å²) in [6, 6.07) is 5.77. The predicted molar refractivity (Wildman–Crippen MR) is 80.3 cm³/mol. The lowest BCUT2D eigenvalue weighted by Gasteiger charge is -2.28. The lowest BCUT2D eigenvalue weighted by molar-refractivity contribution is 0.0194. The Morgan fingerprint density at radius 1 is 1.15 bits per heavy atom. The van der Waals surface area contributed by atoms with Crippen molar-refractivity contribution in [1.82, 2.24) is 0 Å². The molecule has 1 N–H and O–H groups in total. The van der Waals surface area contributed by atoms with E-state index < -0.39 is 5.60 Å². The topological polar surface area (TPSA) is 38.7 Å². The van der Waals surface area contributed by atoms with Crippen molar-refractivity contribution in [2.45, 2.75) is 51.0 Å². The minimum absolute atomic E-state index is 0.690. The van der Waals surface area contributed by atoms with E-state index in [-0.39, 0.29) is 0 Å². The SMILES string of the molecule is CCC1CCCC(O)(c2ccc(OC)c(OC)c2)CC1. The molecule has 20 heavy (non-hydrogen) atoms. The lowest BCUT2D eigenvalue weighted by Crippen LogP contribution is -2.24. The highest BCUT2D eigenvalue weighted by molar-refractivity contribution is 5.44. The molecule has 0 spiro atoms. The van der Waals surface area contributed by atoms with Crippen LogP contribution in [0.5, 0.6) is 11.5 Å². The Morgan fingerprint density at radius 2 is 1.90 bits per heavy atom. The Labute approximate surface area is 121 Å². The van der Waals surface area contributed by atoms with Gasteiger partial charge >= 0.3 is 0 Å². The van der Waals surface area contributed by atoms with Crippen LogP contribution in [-0.2, 0) is 5.60 Å². The van der Waals surface area contributed by atoms with Crippen LogP contribution in [0.3, 0.4) is 0 Å². The van der Waals surface area contributed by atoms with Crippen molar-refractivity contribution in [1.29, 1.82) is 0 Å². The van der Waals surface area contributed by atoms with E-state index >= 15 is 0 Å². The summed E-state index contributed by atoms with van der Waals surface area (Å²) in [5.41, 5.74) is 0.232. The molecule has 112 valence electrons. The van der Waals surface area contributed by atoms with E-state index in [9.17, 15) is 5.11 Å². The Hall–Kier alpha value is -1.22. The van der Waals surface area contributed by atoms with Gasteiger partial charge in [0.15, 0.2) is 11.5 Å². The summed E-state index contributed by atoms with van der Waals surface area (Å²) in [6.07, 6.45) is 6.29. The molecule has 0 aromatic heterocycles. The summed E-state index contributed by atoms with van der Waals surface area (Å²) >= 11 is 0. The first-order valence-corrected chi connectivity index (χ1v) is 7.58. The third-order valence-corrected chi connectivity index (χ3v) is 4.67. The second-order valence-corrected chi connectivity index (χ2v) is 5.81. The molecule has 3 nitrogen and oxygen atoms in total. The number of hydrogen-bond acceptors (Lipinski definition) is 3. The zero-order valence-corrected chi connectivity index (χ0v) is 12.8. The van der Waals surface area contributed by atoms with Crippen LogP contribution < -0.4 is 9.47 Å². The zero-order chi connectivity index (χ0) is 14.6. The van der Waals surface area contributed by atoms with Crippen LogP contribution in [-0.4, -0.2) is 19.3 Å². The van der Waals surface area contributed by atoms with Crippen molar-refractivity contribution in [3.8, 4) is 11.5 Å². The minimum atomic E-state index is -0.719. The Kier molecular flexibility index (Phi) is 4.92. The highest BCUT2D eigenvalue weighted by Gasteiger charge is 2.32. The highest BCUT2D eigenvalue weighted by atomic mass is 16.5. The van der Waals surface area contributed by atoms with Crippen molar-refractivity contribution in [3.63, 3.8) is 0 Å². The van der Waals surface area contributed by atoms with Crippen molar-refractivity contribution in [2.75, 3.05) is 14.2 Å². The monoisotopic (exact) mass is 278 g/mol. The fraction of sp³-hybridized carbons (Fsp3) is 0.647. The van der Waals surface area contributed by atoms with Crippen molar-refractivity contribution in [2.24, 2.45) is 5.92 Å². The van der Waals surface area contributed by atoms with Gasteiger partial charge in [-0.25, -0.2) is 0 Å². The second-order valence-electron chi connectivity index (χ2n) is 5.81. The molecular weight excluding hydrogens is 252 g/mol. The molecule has 3 heteroatoms. The van der Waals surface area contributed by atoms with Crippen LogP contribution in [0.2, 0.25) is 0 Å². The molecule has 1 fully saturated rings. The first-order chi connectivity index (χ1) is 9.62. The van der Waals surface area contributed by atoms with Crippen molar-refractivity contribution < 1.29 is 14.6 Å². The summed E-state index contributed by atoms with van der Waals surface area (Å²) in [6.45, 7) is 2.24. The molecule has 1 aliphatic carbocycles. The highest BCUT2D eigenvalue weighted by Crippen LogP contribution is 2.41. The van der Waals surface area contributed by atoms with Gasteiger partial charge in [-0.2, -0.15) is 0 Å². The van der Waals surface area contributed by atoms with Crippen LogP contribution in [0, 0.1) is 5.92 Å². The normalized spacial score (nSPS) is 26.9. The summed E-state index contributed by atoms with van der Waals surface area (Å²) in [4.78, 5) is 0. The van der Waals surface area contributed by atoms with Crippen molar-refractivity contribution >= 4 is 0 Å². The van der Waals surface area contributed by atoms with Gasteiger partial charge < -0.3 is 14.6 Å². The van der Waals surface area contributed by atoms with Gasteiger partial charge in [-0.1, -0.05) is 25.8 Å². The molecule has 1 aliphatic rings. The van der Waals surface area contributed by atoms with Crippen LogP contribution in [0.4, 0.5) is 0 Å². The molecule has 0 heterocycles. The number of aliphatic hydroxyl groups is 1. The molecule has 1 aromatic carbocycles. The average molecular weight is 278 g/mol. The quantitative estimate of drug-likeness (QED) is 0.849. The largest absolute Gasteiger partial charge is 0.493 e. The molecule has 1 saturated carbocycles. The molecule has 2 rings (SSSR count). The van der Waals surface area contributed by atoms with Gasteiger partial charge in [0, 0.05) is 0 Å². The standard InChI is InChI=1S/C17H26O3/c1-4-13-6-5-10-17(18,11-9-13)14-7-8-15(19-2)16(12-14)20-3/h7-8,12-13,18H,4-6,9-11H2,1-3H3. The number of methoxy groups -OCH3 is 2. The number of hydrogen-bond donors (Lipinski definition) is 1. The number of rotatable bonds is 4. The molecule has 0 saturated heterocycles. The maximum Gasteiger partial charge on any atom is 0.161 e. The lowest BCUT2D eigenvalue weighted by atomic mass is 9.86. The van der Waals surface area contributed by atoms with E-state index in [2.05, 4.69) is 6.92 Å². The van der Waals surface area contributed by atoms with E-state index in [0.29, 0.717) is 11.5 Å². The van der Waals surface area contributed by atoms with E-state index in [1.54, 1.807) is 14.2 Å². The van der Waals surface area contributed by atoms with Gasteiger partial charge in [0.25, 0.3) is 0 Å². The van der Waals surface area contributed by atoms with Gasteiger partial charge in [0.2, 0.25) is 0 Å². The number of ether oxygens (including phenoxy) is 2. The summed E-state index contributed by atoms with van der Waals surface area (Å²) in [5, 5.41) is 11.0. The van der Waals surface area contributed by atoms with Gasteiger partial charge in [-0.15, -0.1) is 0 Å². The molecular formula is C17H26O3. The fourth-order valence-electron chi connectivity index (χ4n) is 3.22. The van der Waals surface area contributed by atoms with Gasteiger partial charge in [-0.05, 0) is 49.3 Å². The molecule has 0 amide bonds. The smallest absolute Gasteiger partial charge is 0.161 e. The molecule has 0 radical (unpaired) electrons. The van der Waals surface area contributed by atoms with Gasteiger partial charge in [0.05, 0.1) is 19.8 Å². The summed E-state index contributed by atoms with van der Waals surface area (Å²) < 4.78 is 10.6. The molecule has 0 aliphatic heterocycles. The van der Waals surface area contributed by atoms with Crippen LogP contribution in [0.15, 0.2) is 18.2 Å². The maximum atomic E-state index is 11.0. The third kappa shape index (κ3) is 3.09. The van der Waals surface area contributed by atoms with Crippen LogP contribution >= 0.6 is 0 Å². The minimum Gasteiger partial charge on any atom is -0.493 e. The van der Waals surface area contributed by atoms with E-state index in [0.717, 1.165) is 37.2 Å². The molecule has 1 aromatic rings. The van der Waals surface area contributed by atoms with E-state index in [1.165, 1.54) is 12.8 Å². The fourth-order valence-corrected chi connectivity index (χ4v) is 3.22. The first kappa shape index (κ1) is 15.2. The maximum absolute atomic E-state index is 11.0. The second kappa shape index (κ2) is 6.49. The first-order valence-electron chi connectivity index (χ1n) is 7.58. The molecule has 2 atom stereocenters. The van der Waals surface area contributed by atoms with E-state index in [1.807, 2.05) is 18.2 Å². The van der Waals surface area contributed by atoms with E-state index in [4.69, 9.17) is 9.47 Å². The predicted octanol–water partition coefficient (Wildman–Crippen LogP) is 3.88. The third-order valence-electron chi connectivity index (χ3n) is 4.67. The van der Waals surface area contributed by atoms with Crippen molar-refractivity contribution in [3.05, 3.63) is 23.8 Å². The van der Waals surface area contributed by atoms with Gasteiger partial charge in [-0.3, -0.25) is 0 Å². The summed E-state index contributed by atoms with van der Waals surface area (Å²) in [7, 11) is 3.26. The Bertz CT molecular complexity index is 444. The Balaban J connectivity index is 2.25. The molecule has 2 unspecified atom stereocenters.